The quantitative estimate of drug-likeness (QED) is 0.580. The van der Waals surface area contributed by atoms with E-state index in [-0.39, 0.29) is 12.1 Å². The van der Waals surface area contributed by atoms with E-state index in [0.717, 1.165) is 53.9 Å². The standard InChI is InChI=1S/C26H34N2O5/c1-4-33-19-11-12-28(22(14-19)17-5-7-18(8-6-17)26(30)31)15-21-20-9-10-24(29)27-25(20)16(2)13-23(21)32-3/h5-8,13,19,22,24,27,29H,4,9-12,14-15H2,1-3H3,(H,30,31)/t19-,22-,24?/m0/s1. The molecule has 2 heterocycles. The fourth-order valence-electron chi connectivity index (χ4n) is 5.20. The van der Waals surface area contributed by atoms with Gasteiger partial charge in [0.15, 0.2) is 0 Å². The Morgan fingerprint density at radius 1 is 1.24 bits per heavy atom. The number of rotatable bonds is 7. The Morgan fingerprint density at radius 2 is 2.00 bits per heavy atom. The van der Waals surface area contributed by atoms with Crippen LogP contribution in [0.25, 0.3) is 0 Å². The van der Waals surface area contributed by atoms with E-state index in [1.807, 2.05) is 32.0 Å². The number of ether oxygens (including phenoxy) is 2. The van der Waals surface area contributed by atoms with Gasteiger partial charge in [-0.2, -0.15) is 0 Å². The average molecular weight is 455 g/mol. The number of carbonyl (C=O) groups is 1. The maximum Gasteiger partial charge on any atom is 0.335 e. The number of methoxy groups -OCH3 is 1. The van der Waals surface area contributed by atoms with Gasteiger partial charge in [-0.15, -0.1) is 0 Å². The number of benzene rings is 2. The first-order valence-electron chi connectivity index (χ1n) is 11.7. The van der Waals surface area contributed by atoms with Crippen molar-refractivity contribution < 1.29 is 24.5 Å². The van der Waals surface area contributed by atoms with Gasteiger partial charge < -0.3 is 25.0 Å². The molecule has 2 aromatic rings. The lowest BCUT2D eigenvalue weighted by molar-refractivity contribution is -0.0140. The molecule has 7 nitrogen and oxygen atoms in total. The summed E-state index contributed by atoms with van der Waals surface area (Å²) in [4.78, 5) is 13.8. The Balaban J connectivity index is 1.68. The number of hydrogen-bond acceptors (Lipinski definition) is 6. The van der Waals surface area contributed by atoms with Crippen LogP contribution in [0.2, 0.25) is 0 Å². The smallest absolute Gasteiger partial charge is 0.335 e. The molecule has 2 aliphatic heterocycles. The fraction of sp³-hybridized carbons (Fsp3) is 0.500. The van der Waals surface area contributed by atoms with Gasteiger partial charge in [-0.3, -0.25) is 4.90 Å². The highest BCUT2D eigenvalue weighted by Gasteiger charge is 2.32. The maximum absolute atomic E-state index is 11.3. The number of fused-ring (bicyclic) bond motifs is 1. The van der Waals surface area contributed by atoms with Crippen LogP contribution < -0.4 is 10.1 Å². The van der Waals surface area contributed by atoms with Crippen molar-refractivity contribution in [3.8, 4) is 5.75 Å². The number of aliphatic hydroxyl groups excluding tert-OH is 1. The lowest BCUT2D eigenvalue weighted by Gasteiger charge is -2.40. The van der Waals surface area contributed by atoms with Crippen LogP contribution in [-0.2, 0) is 17.7 Å². The molecule has 0 saturated carbocycles. The largest absolute Gasteiger partial charge is 0.496 e. The number of aromatic carboxylic acids is 1. The number of hydrogen-bond donors (Lipinski definition) is 3. The molecule has 3 N–H and O–H groups in total. The van der Waals surface area contributed by atoms with Crippen LogP contribution in [0.15, 0.2) is 30.3 Å². The van der Waals surface area contributed by atoms with Crippen LogP contribution in [0.4, 0.5) is 5.69 Å². The summed E-state index contributed by atoms with van der Waals surface area (Å²) in [7, 11) is 1.71. The summed E-state index contributed by atoms with van der Waals surface area (Å²) in [5.74, 6) is -0.0451. The Labute approximate surface area is 195 Å². The zero-order valence-corrected chi connectivity index (χ0v) is 19.6. The highest BCUT2D eigenvalue weighted by Crippen LogP contribution is 2.40. The van der Waals surface area contributed by atoms with E-state index in [9.17, 15) is 15.0 Å². The number of likely N-dealkylation sites (tertiary alicyclic amines) is 1. The lowest BCUT2D eigenvalue weighted by Crippen LogP contribution is -2.40. The molecule has 1 unspecified atom stereocenters. The third kappa shape index (κ3) is 5.00. The maximum atomic E-state index is 11.3. The third-order valence-corrected chi connectivity index (χ3v) is 6.88. The van der Waals surface area contributed by atoms with Gasteiger partial charge >= 0.3 is 5.97 Å². The minimum absolute atomic E-state index is 0.113. The van der Waals surface area contributed by atoms with Crippen LogP contribution >= 0.6 is 0 Å². The lowest BCUT2D eigenvalue weighted by atomic mass is 9.89. The first-order chi connectivity index (χ1) is 15.9. The molecule has 1 saturated heterocycles. The molecule has 2 aliphatic rings. The molecule has 0 radical (unpaired) electrons. The molecule has 0 aromatic heterocycles. The first-order valence-corrected chi connectivity index (χ1v) is 11.7. The highest BCUT2D eigenvalue weighted by atomic mass is 16.5. The molecule has 3 atom stereocenters. The van der Waals surface area contributed by atoms with Crippen molar-refractivity contribution >= 4 is 11.7 Å². The van der Waals surface area contributed by atoms with Crippen molar-refractivity contribution in [3.63, 3.8) is 0 Å². The molecule has 0 bridgehead atoms. The van der Waals surface area contributed by atoms with Gasteiger partial charge in [0.2, 0.25) is 0 Å². The number of aryl methyl sites for hydroxylation is 1. The zero-order valence-electron chi connectivity index (χ0n) is 19.6. The van der Waals surface area contributed by atoms with E-state index in [0.29, 0.717) is 25.1 Å². The van der Waals surface area contributed by atoms with Crippen molar-refractivity contribution in [2.45, 2.75) is 64.4 Å². The minimum Gasteiger partial charge on any atom is -0.496 e. The Hall–Kier alpha value is -2.61. The molecule has 4 rings (SSSR count). The van der Waals surface area contributed by atoms with Crippen LogP contribution in [0.3, 0.4) is 0 Å². The van der Waals surface area contributed by atoms with Gasteiger partial charge in [0.05, 0.1) is 18.8 Å². The van der Waals surface area contributed by atoms with E-state index < -0.39 is 12.2 Å². The summed E-state index contributed by atoms with van der Waals surface area (Å²) in [5, 5.41) is 22.7. The molecular weight excluding hydrogens is 420 g/mol. The van der Waals surface area contributed by atoms with Gasteiger partial charge in [0.1, 0.15) is 12.0 Å². The molecule has 7 heteroatoms. The molecular formula is C26H34N2O5. The normalized spacial score (nSPS) is 23.0. The Morgan fingerprint density at radius 3 is 2.67 bits per heavy atom. The third-order valence-electron chi connectivity index (χ3n) is 6.88. The number of piperidine rings is 1. The van der Waals surface area contributed by atoms with Crippen LogP contribution in [0.5, 0.6) is 5.75 Å². The van der Waals surface area contributed by atoms with Gasteiger partial charge in [0, 0.05) is 37.0 Å². The monoisotopic (exact) mass is 454 g/mol. The van der Waals surface area contributed by atoms with Crippen molar-refractivity contribution in [1.29, 1.82) is 0 Å². The van der Waals surface area contributed by atoms with Crippen LogP contribution in [0, 0.1) is 6.92 Å². The average Bonchev–Trinajstić information content (AvgIpc) is 2.81. The Kier molecular flexibility index (Phi) is 7.22. The van der Waals surface area contributed by atoms with Gasteiger partial charge in [-0.1, -0.05) is 12.1 Å². The summed E-state index contributed by atoms with van der Waals surface area (Å²) in [6, 6.07) is 9.37. The number of nitrogens with one attached hydrogen (secondary N) is 1. The number of aliphatic hydroxyl groups is 1. The van der Waals surface area contributed by atoms with Crippen molar-refractivity contribution in [2.24, 2.45) is 0 Å². The number of nitrogens with zero attached hydrogens (tertiary/aromatic N) is 1. The fourth-order valence-corrected chi connectivity index (χ4v) is 5.20. The summed E-state index contributed by atoms with van der Waals surface area (Å²) < 4.78 is 11.8. The number of anilines is 1. The predicted molar refractivity (Wildman–Crippen MR) is 127 cm³/mol. The van der Waals surface area contributed by atoms with Crippen LogP contribution in [-0.4, -0.2) is 53.7 Å². The first kappa shape index (κ1) is 23.5. The van der Waals surface area contributed by atoms with E-state index in [1.165, 1.54) is 5.56 Å². The van der Waals surface area contributed by atoms with Gasteiger partial charge in [0.25, 0.3) is 0 Å². The van der Waals surface area contributed by atoms with E-state index in [1.54, 1.807) is 19.2 Å². The highest BCUT2D eigenvalue weighted by molar-refractivity contribution is 5.87. The molecule has 0 spiro atoms. The van der Waals surface area contributed by atoms with E-state index in [4.69, 9.17) is 9.47 Å². The van der Waals surface area contributed by atoms with Crippen molar-refractivity contribution in [3.05, 3.63) is 58.1 Å². The molecule has 33 heavy (non-hydrogen) atoms. The molecule has 178 valence electrons. The zero-order chi connectivity index (χ0) is 23.5. The summed E-state index contributed by atoms with van der Waals surface area (Å²) in [5.41, 5.74) is 5.83. The molecule has 0 aliphatic carbocycles. The van der Waals surface area contributed by atoms with Gasteiger partial charge in [-0.25, -0.2) is 4.79 Å². The summed E-state index contributed by atoms with van der Waals surface area (Å²) in [6.45, 7) is 6.33. The van der Waals surface area contributed by atoms with Crippen molar-refractivity contribution in [2.75, 3.05) is 25.6 Å². The SMILES string of the molecule is CCO[C@H]1CCN(Cc2c(OC)cc(C)c3c2CCC(O)N3)[C@H](c2ccc(C(=O)O)cc2)C1. The topological polar surface area (TPSA) is 91.3 Å². The molecule has 0 amide bonds. The molecule has 1 fully saturated rings. The van der Waals surface area contributed by atoms with Crippen molar-refractivity contribution in [1.82, 2.24) is 4.90 Å². The van der Waals surface area contributed by atoms with Crippen LogP contribution in [0.1, 0.15) is 64.8 Å². The number of carboxylic acids is 1. The predicted octanol–water partition coefficient (Wildman–Crippen LogP) is 4.12. The second-order valence-corrected chi connectivity index (χ2v) is 8.94. The molecule has 2 aromatic carbocycles. The second-order valence-electron chi connectivity index (χ2n) is 8.94. The van der Waals surface area contributed by atoms with E-state index >= 15 is 0 Å². The summed E-state index contributed by atoms with van der Waals surface area (Å²) >= 11 is 0. The minimum atomic E-state index is -0.917. The van der Waals surface area contributed by atoms with Gasteiger partial charge in [-0.05, 0) is 74.4 Å². The number of carboxylic acid groups (broad SMARTS) is 1. The summed E-state index contributed by atoms with van der Waals surface area (Å²) in [6.07, 6.45) is 2.92. The second kappa shape index (κ2) is 10.1. The Bertz CT molecular complexity index is 991. The van der Waals surface area contributed by atoms with E-state index in [2.05, 4.69) is 10.2 Å².